The van der Waals surface area contributed by atoms with Crippen LogP contribution < -0.4 is 11.5 Å². The number of aliphatic imine (C=N–C) groups is 1. The molecule has 0 aromatic carbocycles. The van der Waals surface area contributed by atoms with Crippen LogP contribution in [0.5, 0.6) is 0 Å². The van der Waals surface area contributed by atoms with E-state index in [1.54, 1.807) is 0 Å². The molecule has 17 heavy (non-hydrogen) atoms. The van der Waals surface area contributed by atoms with Crippen molar-refractivity contribution in [3.63, 3.8) is 0 Å². The second-order valence-corrected chi connectivity index (χ2v) is 4.80. The van der Waals surface area contributed by atoms with Crippen molar-refractivity contribution < 1.29 is 4.79 Å². The number of amides is 1. The molecule has 0 aromatic heterocycles. The van der Waals surface area contributed by atoms with Crippen LogP contribution in [-0.4, -0.2) is 11.7 Å². The molecule has 1 rings (SSSR count). The Morgan fingerprint density at radius 2 is 1.88 bits per heavy atom. The van der Waals surface area contributed by atoms with Crippen LogP contribution in [0.1, 0.15) is 52.4 Å². The van der Waals surface area contributed by atoms with Crippen molar-refractivity contribution in [2.75, 3.05) is 0 Å². The zero-order chi connectivity index (χ0) is 12.8. The Labute approximate surface area is 103 Å². The number of nitrogens with two attached hydrogens (primary N) is 2. The van der Waals surface area contributed by atoms with Crippen LogP contribution in [0.25, 0.3) is 0 Å². The average molecular weight is 237 g/mol. The first-order valence-electron chi connectivity index (χ1n) is 6.37. The van der Waals surface area contributed by atoms with Crippen LogP contribution in [0, 0.1) is 5.92 Å². The van der Waals surface area contributed by atoms with E-state index in [0.717, 1.165) is 18.5 Å². The summed E-state index contributed by atoms with van der Waals surface area (Å²) in [5.74, 6) is -0.0282. The van der Waals surface area contributed by atoms with Gasteiger partial charge < -0.3 is 11.5 Å². The normalized spacial score (nSPS) is 19.3. The van der Waals surface area contributed by atoms with Gasteiger partial charge in [-0.3, -0.25) is 4.79 Å². The van der Waals surface area contributed by atoms with E-state index in [4.69, 9.17) is 11.5 Å². The van der Waals surface area contributed by atoms with E-state index in [0.29, 0.717) is 5.92 Å². The van der Waals surface area contributed by atoms with Gasteiger partial charge in [0.2, 0.25) is 0 Å². The molecule has 1 fully saturated rings. The molecule has 96 valence electrons. The number of carbonyl (C=O) groups excluding carboxylic acids is 1. The van der Waals surface area contributed by atoms with Crippen LogP contribution >= 0.6 is 0 Å². The number of carbonyl (C=O) groups is 1. The molecule has 0 spiro atoms. The van der Waals surface area contributed by atoms with E-state index in [1.165, 1.54) is 31.3 Å². The highest BCUT2D eigenvalue weighted by atomic mass is 16.1. The molecule has 0 saturated heterocycles. The topological polar surface area (TPSA) is 81.5 Å². The summed E-state index contributed by atoms with van der Waals surface area (Å²) in [5, 5.41) is 0. The minimum atomic E-state index is -0.641. The molecule has 0 radical (unpaired) electrons. The smallest absolute Gasteiger partial charge is 0.283 e. The van der Waals surface area contributed by atoms with Gasteiger partial charge in [0, 0.05) is 5.70 Å². The van der Waals surface area contributed by atoms with Crippen molar-refractivity contribution >= 4 is 11.7 Å². The lowest BCUT2D eigenvalue weighted by Crippen LogP contribution is -2.31. The van der Waals surface area contributed by atoms with Gasteiger partial charge in [-0.15, -0.1) is 0 Å². The summed E-state index contributed by atoms with van der Waals surface area (Å²) < 4.78 is 0. The maximum atomic E-state index is 10.9. The van der Waals surface area contributed by atoms with Crippen molar-refractivity contribution in [1.82, 2.24) is 0 Å². The number of hydrogen-bond acceptors (Lipinski definition) is 2. The van der Waals surface area contributed by atoms with Crippen molar-refractivity contribution in [1.29, 1.82) is 0 Å². The second kappa shape index (κ2) is 6.42. The summed E-state index contributed by atoms with van der Waals surface area (Å²) in [4.78, 5) is 15.1. The molecule has 4 N–H and O–H groups in total. The van der Waals surface area contributed by atoms with Gasteiger partial charge in [-0.2, -0.15) is 0 Å². The fourth-order valence-electron chi connectivity index (χ4n) is 2.21. The van der Waals surface area contributed by atoms with Gasteiger partial charge in [-0.25, -0.2) is 4.99 Å². The summed E-state index contributed by atoms with van der Waals surface area (Å²) >= 11 is 0. The first-order chi connectivity index (χ1) is 8.04. The van der Waals surface area contributed by atoms with Gasteiger partial charge >= 0.3 is 0 Å². The number of allylic oxidation sites excluding steroid dienone is 2. The summed E-state index contributed by atoms with van der Waals surface area (Å²) in [6.07, 6.45) is 6.97. The van der Waals surface area contributed by atoms with Crippen molar-refractivity contribution in [3.05, 3.63) is 11.3 Å². The van der Waals surface area contributed by atoms with Gasteiger partial charge in [0.15, 0.2) is 5.84 Å². The molecule has 1 aliphatic carbocycles. The lowest BCUT2D eigenvalue weighted by atomic mass is 9.99. The molecular formula is C13H23N3O. The van der Waals surface area contributed by atoms with Gasteiger partial charge in [-0.1, -0.05) is 38.2 Å². The van der Waals surface area contributed by atoms with Gasteiger partial charge in [0.05, 0.1) is 0 Å². The van der Waals surface area contributed by atoms with E-state index in [2.05, 4.69) is 11.9 Å². The number of hydrogen-bond donors (Lipinski definition) is 2. The minimum Gasteiger partial charge on any atom is -0.379 e. The Hall–Kier alpha value is -1.32. The molecule has 0 heterocycles. The van der Waals surface area contributed by atoms with E-state index >= 15 is 0 Å². The Morgan fingerprint density at radius 1 is 1.29 bits per heavy atom. The Bertz CT molecular complexity index is 339. The fourth-order valence-corrected chi connectivity index (χ4v) is 2.21. The molecule has 4 heteroatoms. The Morgan fingerprint density at radius 3 is 2.35 bits per heavy atom. The molecule has 0 unspecified atom stereocenters. The molecule has 1 aliphatic rings. The van der Waals surface area contributed by atoms with E-state index in [-0.39, 0.29) is 5.84 Å². The first kappa shape index (κ1) is 13.7. The van der Waals surface area contributed by atoms with E-state index < -0.39 is 5.91 Å². The van der Waals surface area contributed by atoms with Crippen LogP contribution in [0.4, 0.5) is 0 Å². The zero-order valence-corrected chi connectivity index (χ0v) is 10.8. The van der Waals surface area contributed by atoms with Crippen molar-refractivity contribution in [2.45, 2.75) is 52.4 Å². The first-order valence-corrected chi connectivity index (χ1v) is 6.37. The number of amidine groups is 1. The van der Waals surface area contributed by atoms with E-state index in [1.807, 2.05) is 6.92 Å². The van der Waals surface area contributed by atoms with Gasteiger partial charge in [-0.05, 0) is 25.7 Å². The standard InChI is InChI=1S/C13H23N3O/c1-3-9(2)11(16-12(14)13(15)17)8-10-6-4-5-7-10/h10H,3-8H2,1-2H3,(H2,14,16)(H2,15,17)/b11-9-. The maximum absolute atomic E-state index is 10.9. The van der Waals surface area contributed by atoms with Crippen molar-refractivity contribution in [3.8, 4) is 0 Å². The maximum Gasteiger partial charge on any atom is 0.283 e. The molecule has 0 atom stereocenters. The molecule has 1 amide bonds. The highest BCUT2D eigenvalue weighted by Gasteiger charge is 2.18. The van der Waals surface area contributed by atoms with Crippen LogP contribution in [0.2, 0.25) is 0 Å². The second-order valence-electron chi connectivity index (χ2n) is 4.80. The minimum absolute atomic E-state index is 0.0780. The largest absolute Gasteiger partial charge is 0.379 e. The number of primary amides is 1. The Kier molecular flexibility index (Phi) is 5.19. The van der Waals surface area contributed by atoms with Gasteiger partial charge in [0.1, 0.15) is 0 Å². The lowest BCUT2D eigenvalue weighted by molar-refractivity contribution is -0.112. The monoisotopic (exact) mass is 237 g/mol. The molecule has 1 saturated carbocycles. The average Bonchev–Trinajstić information content (AvgIpc) is 2.79. The summed E-state index contributed by atoms with van der Waals surface area (Å²) in [7, 11) is 0. The summed E-state index contributed by atoms with van der Waals surface area (Å²) in [6.45, 7) is 4.13. The predicted molar refractivity (Wildman–Crippen MR) is 70.4 cm³/mol. The highest BCUT2D eigenvalue weighted by Crippen LogP contribution is 2.31. The third kappa shape index (κ3) is 4.21. The molecule has 0 aliphatic heterocycles. The third-order valence-electron chi connectivity index (χ3n) is 3.49. The molecular weight excluding hydrogens is 214 g/mol. The predicted octanol–water partition coefficient (Wildman–Crippen LogP) is 2.09. The summed E-state index contributed by atoms with van der Waals surface area (Å²) in [5.41, 5.74) is 12.8. The van der Waals surface area contributed by atoms with Crippen LogP contribution in [0.15, 0.2) is 16.3 Å². The third-order valence-corrected chi connectivity index (χ3v) is 3.49. The zero-order valence-electron chi connectivity index (χ0n) is 10.8. The van der Waals surface area contributed by atoms with Crippen LogP contribution in [-0.2, 0) is 4.79 Å². The molecule has 0 bridgehead atoms. The SMILES string of the molecule is CC/C(C)=C(/CC1CCCC1)N=C(N)C(N)=O. The summed E-state index contributed by atoms with van der Waals surface area (Å²) in [6, 6.07) is 0. The quantitative estimate of drug-likeness (QED) is 0.580. The van der Waals surface area contributed by atoms with Gasteiger partial charge in [0.25, 0.3) is 5.91 Å². The lowest BCUT2D eigenvalue weighted by Gasteiger charge is -2.12. The van der Waals surface area contributed by atoms with E-state index in [9.17, 15) is 4.79 Å². The number of nitrogens with zero attached hydrogens (tertiary/aromatic N) is 1. The number of rotatable bonds is 4. The Balaban J connectivity index is 2.81. The fraction of sp³-hybridized carbons (Fsp3) is 0.692. The highest BCUT2D eigenvalue weighted by molar-refractivity contribution is 6.36. The van der Waals surface area contributed by atoms with Crippen molar-refractivity contribution in [2.24, 2.45) is 22.4 Å². The van der Waals surface area contributed by atoms with Crippen LogP contribution in [0.3, 0.4) is 0 Å². The molecule has 0 aromatic rings. The molecule has 4 nitrogen and oxygen atoms in total.